The van der Waals surface area contributed by atoms with Gasteiger partial charge < -0.3 is 4.57 Å². The monoisotopic (exact) mass is 253 g/mol. The highest BCUT2D eigenvalue weighted by Crippen LogP contribution is 2.16. The molecule has 1 heterocycles. The average Bonchev–Trinajstić information content (AvgIpc) is 2.83. The van der Waals surface area contributed by atoms with Crippen LogP contribution in [-0.2, 0) is 6.54 Å². The van der Waals surface area contributed by atoms with Gasteiger partial charge >= 0.3 is 0 Å². The van der Waals surface area contributed by atoms with Gasteiger partial charge in [0, 0.05) is 18.7 Å². The zero-order valence-electron chi connectivity index (χ0n) is 10.1. The molecule has 0 spiro atoms. The van der Waals surface area contributed by atoms with Crippen LogP contribution in [0.15, 0.2) is 54.9 Å². The van der Waals surface area contributed by atoms with E-state index >= 15 is 0 Å². The van der Waals surface area contributed by atoms with Gasteiger partial charge in [0.05, 0.1) is 22.3 Å². The molecule has 19 heavy (non-hydrogen) atoms. The summed E-state index contributed by atoms with van der Waals surface area (Å²) in [5, 5.41) is 10.6. The smallest absolute Gasteiger partial charge is 0.269 e. The molecule has 2 aromatic carbocycles. The van der Waals surface area contributed by atoms with Gasteiger partial charge in [0.2, 0.25) is 0 Å². The lowest BCUT2D eigenvalue weighted by Gasteiger charge is -2.04. The predicted molar refractivity (Wildman–Crippen MR) is 71.9 cm³/mol. The van der Waals surface area contributed by atoms with Crippen molar-refractivity contribution in [1.29, 1.82) is 0 Å². The van der Waals surface area contributed by atoms with Gasteiger partial charge in [0.15, 0.2) is 0 Å². The molecule has 0 atom stereocenters. The van der Waals surface area contributed by atoms with Crippen LogP contribution in [0, 0.1) is 10.1 Å². The maximum Gasteiger partial charge on any atom is 0.269 e. The van der Waals surface area contributed by atoms with E-state index in [0.29, 0.717) is 6.54 Å². The van der Waals surface area contributed by atoms with Crippen LogP contribution in [0.2, 0.25) is 0 Å². The Morgan fingerprint density at radius 2 is 1.84 bits per heavy atom. The van der Waals surface area contributed by atoms with Gasteiger partial charge in [-0.2, -0.15) is 0 Å². The Balaban J connectivity index is 1.90. The van der Waals surface area contributed by atoms with Crippen molar-refractivity contribution in [2.24, 2.45) is 0 Å². The van der Waals surface area contributed by atoms with Gasteiger partial charge in [-0.3, -0.25) is 10.1 Å². The molecule has 0 aliphatic rings. The molecule has 0 fully saturated rings. The number of hydrogen-bond donors (Lipinski definition) is 0. The fourth-order valence-electron chi connectivity index (χ4n) is 2.06. The maximum atomic E-state index is 10.6. The first-order valence-electron chi connectivity index (χ1n) is 5.87. The van der Waals surface area contributed by atoms with Crippen molar-refractivity contribution < 1.29 is 4.92 Å². The van der Waals surface area contributed by atoms with Gasteiger partial charge in [-0.1, -0.05) is 24.3 Å². The first-order chi connectivity index (χ1) is 9.24. The van der Waals surface area contributed by atoms with Gasteiger partial charge in [-0.25, -0.2) is 4.98 Å². The van der Waals surface area contributed by atoms with Crippen LogP contribution < -0.4 is 0 Å². The lowest BCUT2D eigenvalue weighted by molar-refractivity contribution is -0.384. The molecular weight excluding hydrogens is 242 g/mol. The van der Waals surface area contributed by atoms with E-state index in [9.17, 15) is 10.1 Å². The second kappa shape index (κ2) is 4.53. The van der Waals surface area contributed by atoms with Crippen LogP contribution in [-0.4, -0.2) is 14.5 Å². The summed E-state index contributed by atoms with van der Waals surface area (Å²) in [6.07, 6.45) is 1.78. The number of hydrogen-bond acceptors (Lipinski definition) is 3. The molecule has 0 aliphatic heterocycles. The van der Waals surface area contributed by atoms with E-state index in [1.165, 1.54) is 12.1 Å². The zero-order valence-corrected chi connectivity index (χ0v) is 10.1. The molecule has 0 aliphatic carbocycles. The standard InChI is InChI=1S/C14H11N3O2/c18-17(19)12-7-5-11(6-8-12)9-16-10-15-13-3-1-2-4-14(13)16/h1-8,10H,9H2. The molecule has 0 radical (unpaired) electrons. The minimum atomic E-state index is -0.392. The molecule has 1 aromatic heterocycles. The van der Waals surface area contributed by atoms with Crippen molar-refractivity contribution in [3.05, 3.63) is 70.5 Å². The van der Waals surface area contributed by atoms with Crippen LogP contribution >= 0.6 is 0 Å². The van der Waals surface area contributed by atoms with Crippen molar-refractivity contribution in [3.63, 3.8) is 0 Å². The number of non-ortho nitro benzene ring substituents is 1. The Labute approximate surface area is 109 Å². The summed E-state index contributed by atoms with van der Waals surface area (Å²) in [7, 11) is 0. The number of nitrogens with zero attached hydrogens (tertiary/aromatic N) is 3. The third kappa shape index (κ3) is 2.18. The molecule has 94 valence electrons. The van der Waals surface area contributed by atoms with E-state index in [1.54, 1.807) is 18.5 Å². The van der Waals surface area contributed by atoms with Crippen LogP contribution in [0.1, 0.15) is 5.56 Å². The Hall–Kier alpha value is -2.69. The Morgan fingerprint density at radius 1 is 1.11 bits per heavy atom. The van der Waals surface area contributed by atoms with Gasteiger partial charge in [0.1, 0.15) is 0 Å². The SMILES string of the molecule is O=[N+]([O-])c1ccc(Cn2cnc3ccccc32)cc1. The Kier molecular flexibility index (Phi) is 2.72. The molecule has 0 N–H and O–H groups in total. The summed E-state index contributed by atoms with van der Waals surface area (Å²) in [6.45, 7) is 0.651. The lowest BCUT2D eigenvalue weighted by Crippen LogP contribution is -1.98. The van der Waals surface area contributed by atoms with Crippen molar-refractivity contribution >= 4 is 16.7 Å². The van der Waals surface area contributed by atoms with Crippen LogP contribution in [0.4, 0.5) is 5.69 Å². The molecular formula is C14H11N3O2. The number of nitro benzene ring substituents is 1. The molecule has 0 amide bonds. The quantitative estimate of drug-likeness (QED) is 0.532. The summed E-state index contributed by atoms with van der Waals surface area (Å²) in [5.41, 5.74) is 3.12. The molecule has 3 aromatic rings. The molecule has 3 rings (SSSR count). The number of benzene rings is 2. The predicted octanol–water partition coefficient (Wildman–Crippen LogP) is 2.99. The first kappa shape index (κ1) is 11.4. The highest BCUT2D eigenvalue weighted by Gasteiger charge is 2.06. The summed E-state index contributed by atoms with van der Waals surface area (Å²) < 4.78 is 2.02. The maximum absolute atomic E-state index is 10.6. The largest absolute Gasteiger partial charge is 0.326 e. The van der Waals surface area contributed by atoms with E-state index in [0.717, 1.165) is 16.6 Å². The van der Waals surface area contributed by atoms with Crippen LogP contribution in [0.3, 0.4) is 0 Å². The second-order valence-corrected chi connectivity index (χ2v) is 4.28. The number of aromatic nitrogens is 2. The normalized spacial score (nSPS) is 10.7. The van der Waals surface area contributed by atoms with Crippen molar-refractivity contribution in [2.75, 3.05) is 0 Å². The number of para-hydroxylation sites is 2. The van der Waals surface area contributed by atoms with Crippen molar-refractivity contribution in [1.82, 2.24) is 9.55 Å². The Bertz CT molecular complexity index is 732. The molecule has 5 heteroatoms. The topological polar surface area (TPSA) is 61.0 Å². The van der Waals surface area contributed by atoms with E-state index < -0.39 is 4.92 Å². The third-order valence-electron chi connectivity index (χ3n) is 3.03. The fraction of sp³-hybridized carbons (Fsp3) is 0.0714. The summed E-state index contributed by atoms with van der Waals surface area (Å²) in [4.78, 5) is 14.5. The summed E-state index contributed by atoms with van der Waals surface area (Å²) in [5.74, 6) is 0. The third-order valence-corrected chi connectivity index (χ3v) is 3.03. The van der Waals surface area contributed by atoms with E-state index in [4.69, 9.17) is 0 Å². The number of nitro groups is 1. The molecule has 0 saturated heterocycles. The highest BCUT2D eigenvalue weighted by molar-refractivity contribution is 5.75. The number of fused-ring (bicyclic) bond motifs is 1. The fourth-order valence-corrected chi connectivity index (χ4v) is 2.06. The summed E-state index contributed by atoms with van der Waals surface area (Å²) >= 11 is 0. The highest BCUT2D eigenvalue weighted by atomic mass is 16.6. The number of rotatable bonds is 3. The number of imidazole rings is 1. The van der Waals surface area contributed by atoms with Crippen molar-refractivity contribution in [2.45, 2.75) is 6.54 Å². The molecule has 0 saturated carbocycles. The minimum Gasteiger partial charge on any atom is -0.326 e. The van der Waals surface area contributed by atoms with E-state index in [1.807, 2.05) is 28.8 Å². The lowest BCUT2D eigenvalue weighted by atomic mass is 10.2. The first-order valence-corrected chi connectivity index (χ1v) is 5.87. The summed E-state index contributed by atoms with van der Waals surface area (Å²) in [6, 6.07) is 14.5. The van der Waals surface area contributed by atoms with Gasteiger partial charge in [-0.15, -0.1) is 0 Å². The van der Waals surface area contributed by atoms with Gasteiger partial charge in [0.25, 0.3) is 5.69 Å². The average molecular weight is 253 g/mol. The van der Waals surface area contributed by atoms with Crippen molar-refractivity contribution in [3.8, 4) is 0 Å². The zero-order chi connectivity index (χ0) is 13.2. The molecule has 5 nitrogen and oxygen atoms in total. The molecule has 0 unspecified atom stereocenters. The second-order valence-electron chi connectivity index (χ2n) is 4.28. The van der Waals surface area contributed by atoms with E-state index in [2.05, 4.69) is 4.98 Å². The van der Waals surface area contributed by atoms with Crippen LogP contribution in [0.25, 0.3) is 11.0 Å². The van der Waals surface area contributed by atoms with Crippen LogP contribution in [0.5, 0.6) is 0 Å². The van der Waals surface area contributed by atoms with Gasteiger partial charge in [-0.05, 0) is 17.7 Å². The minimum absolute atomic E-state index is 0.110. The molecule has 0 bridgehead atoms. The Morgan fingerprint density at radius 3 is 2.58 bits per heavy atom. The van der Waals surface area contributed by atoms with E-state index in [-0.39, 0.29) is 5.69 Å².